The van der Waals surface area contributed by atoms with E-state index in [1.54, 1.807) is 0 Å². The van der Waals surface area contributed by atoms with Crippen molar-refractivity contribution in [3.63, 3.8) is 0 Å². The van der Waals surface area contributed by atoms with Gasteiger partial charge < -0.3 is 20.2 Å². The molecule has 114 valence electrons. The van der Waals surface area contributed by atoms with Crippen LogP contribution in [0, 0.1) is 0 Å². The molecular weight excluding hydrogens is 256 g/mol. The van der Waals surface area contributed by atoms with Crippen LogP contribution in [0.3, 0.4) is 0 Å². The highest BCUT2D eigenvalue weighted by Gasteiger charge is 2.09. The first-order chi connectivity index (χ1) is 9.54. The smallest absolute Gasteiger partial charge is 0.231 e. The van der Waals surface area contributed by atoms with Crippen LogP contribution < -0.4 is 15.1 Å². The molecule has 1 rings (SSSR count). The van der Waals surface area contributed by atoms with E-state index in [4.69, 9.17) is 5.11 Å². The number of hydrogen-bond donors (Lipinski definition) is 2. The van der Waals surface area contributed by atoms with Gasteiger partial charge in [-0.25, -0.2) is 0 Å². The lowest BCUT2D eigenvalue weighted by molar-refractivity contribution is 0.283. The summed E-state index contributed by atoms with van der Waals surface area (Å²) in [6.45, 7) is 1.11. The standard InChI is InChI=1S/C13H26N6O/c1-18(2)12-15-11(16-13(17-12)19(3)4)14-9-7-5-6-8-10-20/h20H,5-10H2,1-4H3,(H,14,15,16,17). The summed E-state index contributed by atoms with van der Waals surface area (Å²) < 4.78 is 0. The minimum atomic E-state index is 0.277. The molecule has 0 spiro atoms. The van der Waals surface area contributed by atoms with E-state index in [2.05, 4.69) is 20.3 Å². The highest BCUT2D eigenvalue weighted by molar-refractivity contribution is 5.43. The Balaban J connectivity index is 2.55. The average molecular weight is 282 g/mol. The molecule has 0 amide bonds. The predicted molar refractivity (Wildman–Crippen MR) is 82.5 cm³/mol. The van der Waals surface area contributed by atoms with Crippen molar-refractivity contribution in [3.05, 3.63) is 0 Å². The zero-order chi connectivity index (χ0) is 15.0. The Morgan fingerprint density at radius 1 is 0.850 bits per heavy atom. The van der Waals surface area contributed by atoms with Crippen LogP contribution >= 0.6 is 0 Å². The molecule has 1 aromatic heterocycles. The molecule has 1 heterocycles. The van der Waals surface area contributed by atoms with Gasteiger partial charge in [-0.1, -0.05) is 12.8 Å². The lowest BCUT2D eigenvalue weighted by atomic mass is 10.2. The normalized spacial score (nSPS) is 10.4. The van der Waals surface area contributed by atoms with Crippen LogP contribution in [0.1, 0.15) is 25.7 Å². The molecule has 7 heteroatoms. The maximum Gasteiger partial charge on any atom is 0.231 e. The van der Waals surface area contributed by atoms with E-state index in [1.165, 1.54) is 0 Å². The SMILES string of the molecule is CN(C)c1nc(NCCCCCCO)nc(N(C)C)n1. The molecule has 0 aliphatic carbocycles. The van der Waals surface area contributed by atoms with E-state index >= 15 is 0 Å². The first-order valence-corrected chi connectivity index (χ1v) is 7.00. The number of nitrogens with one attached hydrogen (secondary N) is 1. The van der Waals surface area contributed by atoms with E-state index in [0.29, 0.717) is 17.8 Å². The first-order valence-electron chi connectivity index (χ1n) is 7.00. The summed E-state index contributed by atoms with van der Waals surface area (Å²) in [5, 5.41) is 11.9. The second-order valence-corrected chi connectivity index (χ2v) is 5.11. The van der Waals surface area contributed by atoms with Gasteiger partial charge in [0.2, 0.25) is 17.8 Å². The zero-order valence-electron chi connectivity index (χ0n) is 12.9. The number of unbranched alkanes of at least 4 members (excludes halogenated alkanes) is 3. The Bertz CT molecular complexity index is 370. The van der Waals surface area contributed by atoms with Crippen molar-refractivity contribution in [2.75, 3.05) is 56.5 Å². The second-order valence-electron chi connectivity index (χ2n) is 5.11. The molecule has 0 bridgehead atoms. The van der Waals surface area contributed by atoms with Crippen molar-refractivity contribution in [1.82, 2.24) is 15.0 Å². The van der Waals surface area contributed by atoms with Crippen LogP contribution in [0.15, 0.2) is 0 Å². The Morgan fingerprint density at radius 3 is 1.90 bits per heavy atom. The molecule has 0 radical (unpaired) electrons. The van der Waals surface area contributed by atoms with E-state index in [0.717, 1.165) is 32.2 Å². The third kappa shape index (κ3) is 5.56. The summed E-state index contributed by atoms with van der Waals surface area (Å²) in [5.74, 6) is 1.90. The quantitative estimate of drug-likeness (QED) is 0.653. The molecule has 0 aliphatic rings. The Hall–Kier alpha value is -1.63. The summed E-state index contributed by atoms with van der Waals surface area (Å²) in [7, 11) is 7.64. The van der Waals surface area contributed by atoms with Crippen molar-refractivity contribution >= 4 is 17.8 Å². The third-order valence-electron chi connectivity index (χ3n) is 2.78. The molecule has 0 saturated carbocycles. The van der Waals surface area contributed by atoms with Crippen molar-refractivity contribution in [2.24, 2.45) is 0 Å². The van der Waals surface area contributed by atoms with Crippen LogP contribution in [-0.2, 0) is 0 Å². The Morgan fingerprint density at radius 2 is 1.40 bits per heavy atom. The fourth-order valence-electron chi connectivity index (χ4n) is 1.62. The van der Waals surface area contributed by atoms with Crippen molar-refractivity contribution in [2.45, 2.75) is 25.7 Å². The predicted octanol–water partition coefficient (Wildman–Crippen LogP) is 0.968. The van der Waals surface area contributed by atoms with Gasteiger partial charge in [-0.15, -0.1) is 0 Å². The lowest BCUT2D eigenvalue weighted by Crippen LogP contribution is -2.20. The third-order valence-corrected chi connectivity index (χ3v) is 2.78. The number of rotatable bonds is 9. The highest BCUT2D eigenvalue weighted by Crippen LogP contribution is 2.13. The number of nitrogens with zero attached hydrogens (tertiary/aromatic N) is 5. The molecule has 0 saturated heterocycles. The zero-order valence-corrected chi connectivity index (χ0v) is 12.9. The van der Waals surface area contributed by atoms with Gasteiger partial charge in [0.15, 0.2) is 0 Å². The summed E-state index contributed by atoms with van der Waals surface area (Å²) >= 11 is 0. The summed E-state index contributed by atoms with van der Waals surface area (Å²) in [6, 6.07) is 0. The maximum atomic E-state index is 8.71. The van der Waals surface area contributed by atoms with Crippen LogP contribution in [0.25, 0.3) is 0 Å². The highest BCUT2D eigenvalue weighted by atomic mass is 16.2. The number of aromatic nitrogens is 3. The molecule has 2 N–H and O–H groups in total. The van der Waals surface area contributed by atoms with Crippen LogP contribution in [-0.4, -0.2) is 61.4 Å². The van der Waals surface area contributed by atoms with Crippen molar-refractivity contribution in [1.29, 1.82) is 0 Å². The van der Waals surface area contributed by atoms with E-state index < -0.39 is 0 Å². The van der Waals surface area contributed by atoms with Gasteiger partial charge in [0.1, 0.15) is 0 Å². The van der Waals surface area contributed by atoms with Gasteiger partial charge in [-0.05, 0) is 12.8 Å². The number of aliphatic hydroxyl groups excluding tert-OH is 1. The summed E-state index contributed by atoms with van der Waals surface area (Å²) in [5.41, 5.74) is 0. The van der Waals surface area contributed by atoms with Crippen molar-refractivity contribution in [3.8, 4) is 0 Å². The van der Waals surface area contributed by atoms with Crippen molar-refractivity contribution < 1.29 is 5.11 Å². The first kappa shape index (κ1) is 16.4. The van der Waals surface area contributed by atoms with E-state index in [1.807, 2.05) is 38.0 Å². The number of aliphatic hydroxyl groups is 1. The molecule has 0 fully saturated rings. The van der Waals surface area contributed by atoms with Gasteiger partial charge in [0.25, 0.3) is 0 Å². The Labute approximate surface area is 121 Å². The molecule has 7 nitrogen and oxygen atoms in total. The van der Waals surface area contributed by atoms with Gasteiger partial charge in [0.05, 0.1) is 0 Å². The van der Waals surface area contributed by atoms with E-state index in [-0.39, 0.29) is 6.61 Å². The minimum Gasteiger partial charge on any atom is -0.396 e. The van der Waals surface area contributed by atoms with Gasteiger partial charge in [0, 0.05) is 41.3 Å². The van der Waals surface area contributed by atoms with Gasteiger partial charge in [-0.3, -0.25) is 0 Å². The summed E-state index contributed by atoms with van der Waals surface area (Å²) in [6.07, 6.45) is 4.07. The molecule has 20 heavy (non-hydrogen) atoms. The molecular formula is C13H26N6O. The molecule has 0 unspecified atom stereocenters. The fraction of sp³-hybridized carbons (Fsp3) is 0.769. The average Bonchev–Trinajstić information content (AvgIpc) is 2.42. The van der Waals surface area contributed by atoms with Crippen LogP contribution in [0.4, 0.5) is 17.8 Å². The second kappa shape index (κ2) is 8.52. The Kier molecular flexibility index (Phi) is 7.00. The monoisotopic (exact) mass is 282 g/mol. The number of hydrogen-bond acceptors (Lipinski definition) is 7. The van der Waals surface area contributed by atoms with Crippen LogP contribution in [0.2, 0.25) is 0 Å². The van der Waals surface area contributed by atoms with Gasteiger partial charge in [-0.2, -0.15) is 15.0 Å². The molecule has 0 aromatic carbocycles. The van der Waals surface area contributed by atoms with Crippen LogP contribution in [0.5, 0.6) is 0 Å². The van der Waals surface area contributed by atoms with E-state index in [9.17, 15) is 0 Å². The largest absolute Gasteiger partial charge is 0.396 e. The summed E-state index contributed by atoms with van der Waals surface area (Å²) in [4.78, 5) is 16.8. The molecule has 1 aromatic rings. The molecule has 0 atom stereocenters. The fourth-order valence-corrected chi connectivity index (χ4v) is 1.62. The lowest BCUT2D eigenvalue weighted by Gasteiger charge is -2.16. The minimum absolute atomic E-state index is 0.277. The number of anilines is 3. The maximum absolute atomic E-state index is 8.71. The van der Waals surface area contributed by atoms with Gasteiger partial charge >= 0.3 is 0 Å². The topological polar surface area (TPSA) is 77.4 Å². The molecule has 0 aliphatic heterocycles.